The Morgan fingerprint density at radius 2 is 2.04 bits per heavy atom. The van der Waals surface area contributed by atoms with Crippen LogP contribution in [0, 0.1) is 5.82 Å². The summed E-state index contributed by atoms with van der Waals surface area (Å²) in [5, 5.41) is 2.97. The molecule has 0 radical (unpaired) electrons. The topological polar surface area (TPSA) is 50.8 Å². The average Bonchev–Trinajstić information content (AvgIpc) is 2.69. The van der Waals surface area contributed by atoms with E-state index >= 15 is 0 Å². The zero-order chi connectivity index (χ0) is 19.1. The summed E-state index contributed by atoms with van der Waals surface area (Å²) in [5.74, 6) is 0.563. The van der Waals surface area contributed by atoms with E-state index in [0.29, 0.717) is 32.8 Å². The largest absolute Gasteiger partial charge is 0.496 e. The van der Waals surface area contributed by atoms with E-state index in [4.69, 9.17) is 9.47 Å². The first kappa shape index (κ1) is 19.3. The number of halogens is 1. The van der Waals surface area contributed by atoms with E-state index in [-0.39, 0.29) is 17.8 Å². The number of morpholine rings is 1. The van der Waals surface area contributed by atoms with E-state index in [1.807, 2.05) is 24.3 Å². The van der Waals surface area contributed by atoms with Crippen molar-refractivity contribution in [3.05, 3.63) is 65.5 Å². The molecule has 1 aliphatic heterocycles. The van der Waals surface area contributed by atoms with Crippen LogP contribution < -0.4 is 10.1 Å². The van der Waals surface area contributed by atoms with Gasteiger partial charge in [-0.1, -0.05) is 30.3 Å². The molecule has 1 unspecified atom stereocenters. The van der Waals surface area contributed by atoms with Gasteiger partial charge in [0.1, 0.15) is 11.6 Å². The highest BCUT2D eigenvalue weighted by molar-refractivity contribution is 5.78. The molecule has 1 heterocycles. The standard InChI is InChI=1S/C21H25FN2O3/c1-26-19-5-3-2-4-16(19)10-11-23-21(25)15-24-12-13-27-20(14-24)17-6-8-18(22)9-7-17/h2-9,20H,10-15H2,1H3,(H,23,25). The number of carbonyl (C=O) groups is 1. The van der Waals surface area contributed by atoms with Gasteiger partial charge < -0.3 is 14.8 Å². The average molecular weight is 372 g/mol. The van der Waals surface area contributed by atoms with Crippen LogP contribution >= 0.6 is 0 Å². The summed E-state index contributed by atoms with van der Waals surface area (Å²) in [5.41, 5.74) is 2.00. The van der Waals surface area contributed by atoms with Gasteiger partial charge in [-0.3, -0.25) is 9.69 Å². The minimum atomic E-state index is -0.263. The van der Waals surface area contributed by atoms with Crippen molar-refractivity contribution in [1.29, 1.82) is 0 Å². The number of para-hydroxylation sites is 1. The van der Waals surface area contributed by atoms with Crippen molar-refractivity contribution < 1.29 is 18.7 Å². The lowest BCUT2D eigenvalue weighted by Gasteiger charge is -2.32. The van der Waals surface area contributed by atoms with E-state index in [2.05, 4.69) is 10.2 Å². The van der Waals surface area contributed by atoms with E-state index in [9.17, 15) is 9.18 Å². The van der Waals surface area contributed by atoms with Crippen molar-refractivity contribution >= 4 is 5.91 Å². The Morgan fingerprint density at radius 3 is 2.81 bits per heavy atom. The molecule has 2 aromatic rings. The lowest BCUT2D eigenvalue weighted by Crippen LogP contribution is -2.44. The number of methoxy groups -OCH3 is 1. The summed E-state index contributed by atoms with van der Waals surface area (Å²) in [6, 6.07) is 14.1. The van der Waals surface area contributed by atoms with Crippen molar-refractivity contribution in [2.24, 2.45) is 0 Å². The molecule has 0 aromatic heterocycles. The monoisotopic (exact) mass is 372 g/mol. The Kier molecular flexibility index (Phi) is 6.79. The normalized spacial score (nSPS) is 17.5. The van der Waals surface area contributed by atoms with Crippen LogP contribution in [0.25, 0.3) is 0 Å². The quantitative estimate of drug-likeness (QED) is 0.812. The first-order chi connectivity index (χ1) is 13.2. The highest BCUT2D eigenvalue weighted by atomic mass is 19.1. The third-order valence-corrected chi connectivity index (χ3v) is 4.67. The van der Waals surface area contributed by atoms with E-state index in [1.165, 1.54) is 12.1 Å². The number of amides is 1. The van der Waals surface area contributed by atoms with Gasteiger partial charge in [0.05, 0.1) is 26.4 Å². The second-order valence-corrected chi connectivity index (χ2v) is 6.56. The molecule has 0 aliphatic carbocycles. The highest BCUT2D eigenvalue weighted by Gasteiger charge is 2.23. The van der Waals surface area contributed by atoms with Crippen molar-refractivity contribution in [1.82, 2.24) is 10.2 Å². The number of benzene rings is 2. The zero-order valence-electron chi connectivity index (χ0n) is 15.5. The molecule has 0 spiro atoms. The molecule has 1 atom stereocenters. The maximum absolute atomic E-state index is 13.1. The van der Waals surface area contributed by atoms with Crippen molar-refractivity contribution in [3.8, 4) is 5.75 Å². The summed E-state index contributed by atoms with van der Waals surface area (Å²) >= 11 is 0. The number of hydrogen-bond donors (Lipinski definition) is 1. The fourth-order valence-electron chi connectivity index (χ4n) is 3.23. The van der Waals surface area contributed by atoms with Gasteiger partial charge in [0.25, 0.3) is 0 Å². The summed E-state index contributed by atoms with van der Waals surface area (Å²) in [6.45, 7) is 2.76. The van der Waals surface area contributed by atoms with Gasteiger partial charge in [0.15, 0.2) is 0 Å². The fourth-order valence-corrected chi connectivity index (χ4v) is 3.23. The molecule has 6 heteroatoms. The number of nitrogens with zero attached hydrogens (tertiary/aromatic N) is 1. The second kappa shape index (κ2) is 9.48. The molecule has 2 aromatic carbocycles. The molecule has 1 amide bonds. The number of nitrogens with one attached hydrogen (secondary N) is 1. The van der Waals surface area contributed by atoms with Crippen molar-refractivity contribution in [2.75, 3.05) is 39.9 Å². The van der Waals surface area contributed by atoms with Crippen molar-refractivity contribution in [2.45, 2.75) is 12.5 Å². The number of rotatable bonds is 7. The van der Waals surface area contributed by atoms with Gasteiger partial charge in [-0.25, -0.2) is 4.39 Å². The Morgan fingerprint density at radius 1 is 1.26 bits per heavy atom. The minimum absolute atomic E-state index is 0.00958. The van der Waals surface area contributed by atoms with Crippen LogP contribution in [0.4, 0.5) is 4.39 Å². The molecule has 1 N–H and O–H groups in total. The van der Waals surface area contributed by atoms with Gasteiger partial charge >= 0.3 is 0 Å². The van der Waals surface area contributed by atoms with Crippen LogP contribution in [0.3, 0.4) is 0 Å². The van der Waals surface area contributed by atoms with Crippen molar-refractivity contribution in [3.63, 3.8) is 0 Å². The summed E-state index contributed by atoms with van der Waals surface area (Å²) < 4.78 is 24.2. The molecule has 0 bridgehead atoms. The summed E-state index contributed by atoms with van der Waals surface area (Å²) in [6.07, 6.45) is 0.581. The van der Waals surface area contributed by atoms with Crippen LogP contribution in [-0.4, -0.2) is 50.7 Å². The molecule has 1 saturated heterocycles. The van der Waals surface area contributed by atoms with Crippen LogP contribution in [0.5, 0.6) is 5.75 Å². The predicted molar refractivity (Wildman–Crippen MR) is 101 cm³/mol. The fraction of sp³-hybridized carbons (Fsp3) is 0.381. The molecular formula is C21H25FN2O3. The molecular weight excluding hydrogens is 347 g/mol. The Bertz CT molecular complexity index is 751. The first-order valence-electron chi connectivity index (χ1n) is 9.13. The van der Waals surface area contributed by atoms with Gasteiger partial charge in [-0.05, 0) is 35.7 Å². The Balaban J connectivity index is 1.45. The Labute approximate surface area is 159 Å². The third kappa shape index (κ3) is 5.52. The van der Waals surface area contributed by atoms with Crippen LogP contribution in [0.1, 0.15) is 17.2 Å². The van der Waals surface area contributed by atoms with E-state index in [0.717, 1.165) is 23.3 Å². The van der Waals surface area contributed by atoms with Gasteiger partial charge in [0, 0.05) is 19.6 Å². The number of carbonyl (C=O) groups excluding carboxylic acids is 1. The SMILES string of the molecule is COc1ccccc1CCNC(=O)CN1CCOC(c2ccc(F)cc2)C1. The van der Waals surface area contributed by atoms with E-state index in [1.54, 1.807) is 19.2 Å². The minimum Gasteiger partial charge on any atom is -0.496 e. The first-order valence-corrected chi connectivity index (χ1v) is 9.13. The maximum atomic E-state index is 13.1. The maximum Gasteiger partial charge on any atom is 0.234 e. The van der Waals surface area contributed by atoms with Crippen LogP contribution in [0.15, 0.2) is 48.5 Å². The second-order valence-electron chi connectivity index (χ2n) is 6.56. The molecule has 1 fully saturated rings. The molecule has 3 rings (SSSR count). The van der Waals surface area contributed by atoms with Gasteiger partial charge in [-0.15, -0.1) is 0 Å². The summed E-state index contributed by atoms with van der Waals surface area (Å²) in [7, 11) is 1.65. The smallest absolute Gasteiger partial charge is 0.234 e. The lowest BCUT2D eigenvalue weighted by atomic mass is 10.1. The molecule has 1 aliphatic rings. The molecule has 0 saturated carbocycles. The Hall–Kier alpha value is -2.44. The predicted octanol–water partition coefficient (Wildman–Crippen LogP) is 2.57. The summed E-state index contributed by atoms with van der Waals surface area (Å²) in [4.78, 5) is 14.3. The highest BCUT2D eigenvalue weighted by Crippen LogP contribution is 2.22. The molecule has 27 heavy (non-hydrogen) atoms. The van der Waals surface area contributed by atoms with Crippen LogP contribution in [-0.2, 0) is 16.0 Å². The number of ether oxygens (including phenoxy) is 2. The van der Waals surface area contributed by atoms with E-state index < -0.39 is 0 Å². The lowest BCUT2D eigenvalue weighted by molar-refractivity contribution is -0.124. The van der Waals surface area contributed by atoms with Gasteiger partial charge in [0.2, 0.25) is 5.91 Å². The van der Waals surface area contributed by atoms with Crippen LogP contribution in [0.2, 0.25) is 0 Å². The van der Waals surface area contributed by atoms with Gasteiger partial charge in [-0.2, -0.15) is 0 Å². The molecule has 144 valence electrons. The zero-order valence-corrected chi connectivity index (χ0v) is 15.5. The number of hydrogen-bond acceptors (Lipinski definition) is 4. The third-order valence-electron chi connectivity index (χ3n) is 4.67. The molecule has 5 nitrogen and oxygen atoms in total.